The summed E-state index contributed by atoms with van der Waals surface area (Å²) in [5.74, 6) is -0.667. The van der Waals surface area contributed by atoms with Gasteiger partial charge in [0.15, 0.2) is 11.6 Å². The molecular weight excluding hydrogens is 1820 g/mol. The summed E-state index contributed by atoms with van der Waals surface area (Å²) in [6.07, 6.45) is 26.0. The Morgan fingerprint density at radius 2 is 0.418 bits per heavy atom. The Labute approximate surface area is 899 Å². The van der Waals surface area contributed by atoms with Crippen LogP contribution in [-0.4, -0.2) is 221 Å². The third-order valence-corrected chi connectivity index (χ3v) is 24.8. The van der Waals surface area contributed by atoms with Gasteiger partial charge in [-0.1, -0.05) is 127 Å². The summed E-state index contributed by atoms with van der Waals surface area (Å²) in [6, 6.07) is -3.86. The molecule has 0 aliphatic carbocycles. The molecule has 10 atom stereocenters. The van der Waals surface area contributed by atoms with Crippen LogP contribution in [0.15, 0.2) is 24.6 Å². The van der Waals surface area contributed by atoms with Gasteiger partial charge >= 0.3 is 0 Å². The standard InChI is InChI=1S/C81H162N12O6.C39H80N6O2/c1-59(61(88-69(96)60(58-73(2,3)4)44-32-40-54-84-75(8,9)10)45-30-29-31-51-67(94)62(91-79(20,21)22)46-35-41-55-85-76(11,12)13)82-52-38-33-47-63(68(95)74(5,6)7)89-71(98)64(90-72(99)66(93-81(26,27)28)50-37-43-57-87-78(17,18)19)48-34-39-53-83-70(97)65(92-80(23,24)25)49-36-42-56-86-77(14,15)16;1-29(30(44-38(11,12)13)23-18-21-27-41-36(5,6)7)40-26-20-17-24-31(33(46)35(2,3)4)43-34(47)32(45-39(14,15)16)25-19-22-28-42-37(8,9)10/h60-66,82,84-87,91-93H,1,29-58H2,2-28H3,(H,83,97)(H,88,96)(H,89,98)(H,90,99);30-32,40-42,44-45H,1,17-28H2,2-16H3,(H,43,47). The molecule has 0 fully saturated rings. The fourth-order valence-corrected chi connectivity index (χ4v) is 17.6. The van der Waals surface area contributed by atoms with Crippen LogP contribution in [0.3, 0.4) is 0 Å². The normalized spacial score (nSPS) is 15.3. The zero-order valence-corrected chi connectivity index (χ0v) is 103. The van der Waals surface area contributed by atoms with Crippen LogP contribution >= 0.6 is 0 Å². The molecule has 0 aliphatic heterocycles. The van der Waals surface area contributed by atoms with Crippen molar-refractivity contribution in [3.05, 3.63) is 24.6 Å². The second kappa shape index (κ2) is 68.3. The molecule has 0 rings (SSSR count). The number of nitrogens with one attached hydrogen (secondary N) is 18. The Balaban J connectivity index is 0. The molecule has 0 spiro atoms. The molecule has 860 valence electrons. The molecule has 5 amide bonds. The summed E-state index contributed by atoms with van der Waals surface area (Å²) in [5, 5.41) is 62.6. The number of rotatable bonds is 73. The summed E-state index contributed by atoms with van der Waals surface area (Å²) in [4.78, 5) is 113. The van der Waals surface area contributed by atoms with E-state index in [1.165, 1.54) is 0 Å². The average molecular weight is 2070 g/mol. The second-order valence-electron chi connectivity index (χ2n) is 57.5. The largest absolute Gasteiger partial charge is 0.388 e. The number of amides is 5. The minimum Gasteiger partial charge on any atom is -0.388 e. The summed E-state index contributed by atoms with van der Waals surface area (Å²) in [6.45, 7) is 105. The molecule has 0 aliphatic rings. The molecule has 0 saturated heterocycles. The Hall–Kier alpha value is -5.00. The van der Waals surface area contributed by atoms with Gasteiger partial charge in [-0.15, -0.1) is 0 Å². The molecule has 0 aromatic heterocycles. The predicted molar refractivity (Wildman–Crippen MR) is 624 cm³/mol. The third kappa shape index (κ3) is 82.6. The fraction of sp³-hybridized carbons (Fsp3) is 0.900. The van der Waals surface area contributed by atoms with Crippen LogP contribution in [0.4, 0.5) is 0 Å². The number of unbranched alkanes of at least 4 members (excludes halogenated alkanes) is 11. The van der Waals surface area contributed by atoms with Gasteiger partial charge in [0.1, 0.15) is 11.8 Å². The minimum atomic E-state index is -0.933. The van der Waals surface area contributed by atoms with Gasteiger partial charge in [-0.25, -0.2) is 0 Å². The maximum Gasteiger partial charge on any atom is 0.243 e. The molecule has 0 radical (unpaired) electrons. The fourth-order valence-electron chi connectivity index (χ4n) is 17.6. The quantitative estimate of drug-likeness (QED) is 0.0252. The number of ketones is 3. The Bertz CT molecular complexity index is 3630. The van der Waals surface area contributed by atoms with E-state index in [9.17, 15) is 38.4 Å². The molecular formula is C120H242N18O8. The van der Waals surface area contributed by atoms with E-state index in [0.29, 0.717) is 83.7 Å². The van der Waals surface area contributed by atoms with Crippen LogP contribution in [0, 0.1) is 22.2 Å². The van der Waals surface area contributed by atoms with Gasteiger partial charge in [0, 0.05) is 121 Å². The first-order valence-electron chi connectivity index (χ1n) is 57.7. The number of carbonyl (C=O) groups is 8. The Morgan fingerprint density at radius 3 is 0.719 bits per heavy atom. The van der Waals surface area contributed by atoms with Gasteiger partial charge in [0.2, 0.25) is 29.5 Å². The zero-order valence-electron chi connectivity index (χ0n) is 103. The van der Waals surface area contributed by atoms with E-state index in [0.717, 1.165) is 198 Å². The molecule has 0 bridgehead atoms. The van der Waals surface area contributed by atoms with Crippen molar-refractivity contribution < 1.29 is 38.4 Å². The predicted octanol–water partition coefficient (Wildman–Crippen LogP) is 20.7. The molecule has 0 heterocycles. The van der Waals surface area contributed by atoms with Crippen molar-refractivity contribution in [2.45, 2.75) is 618 Å². The Morgan fingerprint density at radius 1 is 0.199 bits per heavy atom. The van der Waals surface area contributed by atoms with E-state index in [-0.39, 0.29) is 143 Å². The molecule has 26 heteroatoms. The van der Waals surface area contributed by atoms with Crippen molar-refractivity contribution in [3.63, 3.8) is 0 Å². The average Bonchev–Trinajstić information content (AvgIpc) is 0.885. The van der Waals surface area contributed by atoms with Crippen molar-refractivity contribution >= 4 is 46.9 Å². The molecule has 10 unspecified atom stereocenters. The first-order valence-corrected chi connectivity index (χ1v) is 57.7. The highest BCUT2D eigenvalue weighted by molar-refractivity contribution is 5.96. The first-order chi connectivity index (χ1) is 66.4. The molecule has 146 heavy (non-hydrogen) atoms. The lowest BCUT2D eigenvalue weighted by molar-refractivity contribution is -0.135. The van der Waals surface area contributed by atoms with Gasteiger partial charge in [-0.3, -0.25) is 38.4 Å². The van der Waals surface area contributed by atoms with Gasteiger partial charge in [0.25, 0.3) is 0 Å². The first kappa shape index (κ1) is 143. The zero-order chi connectivity index (χ0) is 113. The van der Waals surface area contributed by atoms with Crippen molar-refractivity contribution in [3.8, 4) is 0 Å². The highest BCUT2D eigenvalue weighted by atomic mass is 16.2. The smallest absolute Gasteiger partial charge is 0.243 e. The van der Waals surface area contributed by atoms with Gasteiger partial charge in [0.05, 0.1) is 42.3 Å². The molecule has 18 N–H and O–H groups in total. The van der Waals surface area contributed by atoms with Gasteiger partial charge < -0.3 is 95.7 Å². The number of carbonyl (C=O) groups excluding carboxylic acids is 8. The van der Waals surface area contributed by atoms with Crippen molar-refractivity contribution in [2.75, 3.05) is 58.9 Å². The van der Waals surface area contributed by atoms with E-state index in [1.807, 2.05) is 62.3 Å². The maximum atomic E-state index is 14.9. The van der Waals surface area contributed by atoms with E-state index in [4.69, 9.17) is 0 Å². The van der Waals surface area contributed by atoms with Crippen LogP contribution in [0.25, 0.3) is 0 Å². The third-order valence-electron chi connectivity index (χ3n) is 24.8. The number of hydrogen-bond donors (Lipinski definition) is 18. The van der Waals surface area contributed by atoms with Gasteiger partial charge in [-0.2, -0.15) is 0 Å². The number of hydrogen-bond acceptors (Lipinski definition) is 21. The van der Waals surface area contributed by atoms with Crippen LogP contribution in [0.5, 0.6) is 0 Å². The maximum absolute atomic E-state index is 14.9. The lowest BCUT2D eigenvalue weighted by atomic mass is 9.82. The van der Waals surface area contributed by atoms with Crippen LogP contribution in [0.2, 0.25) is 0 Å². The van der Waals surface area contributed by atoms with E-state index in [1.54, 1.807) is 0 Å². The lowest BCUT2D eigenvalue weighted by Crippen LogP contribution is -2.57. The van der Waals surface area contributed by atoms with E-state index < -0.39 is 40.9 Å². The number of Topliss-reactive ketones (excluding diaryl/α,β-unsaturated/α-hetero) is 3. The summed E-state index contributed by atoms with van der Waals surface area (Å²) in [7, 11) is 0. The molecule has 0 aromatic carbocycles. The highest BCUT2D eigenvalue weighted by Gasteiger charge is 2.38. The van der Waals surface area contributed by atoms with Crippen LogP contribution < -0.4 is 95.7 Å². The van der Waals surface area contributed by atoms with Crippen molar-refractivity contribution in [1.29, 1.82) is 0 Å². The second-order valence-corrected chi connectivity index (χ2v) is 57.5. The lowest BCUT2D eigenvalue weighted by Gasteiger charge is -2.31. The topological polar surface area (TPSA) is 353 Å². The monoisotopic (exact) mass is 2060 g/mol. The van der Waals surface area contributed by atoms with Crippen LogP contribution in [0.1, 0.15) is 503 Å². The summed E-state index contributed by atoms with van der Waals surface area (Å²) < 4.78 is 0. The minimum absolute atomic E-state index is 0.0132. The van der Waals surface area contributed by atoms with Gasteiger partial charge in [-0.05, 0) is 427 Å². The van der Waals surface area contributed by atoms with Crippen LogP contribution in [-0.2, 0) is 38.4 Å². The molecule has 26 nitrogen and oxygen atoms in total. The van der Waals surface area contributed by atoms with Crippen molar-refractivity contribution in [1.82, 2.24) is 95.7 Å². The molecule has 0 saturated carbocycles. The molecule has 0 aromatic rings. The Kier molecular flexibility index (Phi) is 66.9. The van der Waals surface area contributed by atoms with E-state index in [2.05, 4.69) is 337 Å². The van der Waals surface area contributed by atoms with E-state index >= 15 is 0 Å². The SMILES string of the molecule is C=C(NCCCCC(NC(=O)C(CCCCNC(=O)C(CCCCNC(C)(C)C)NC(C)(C)C)NC(=O)C(CCCCNC(C)(C)C)NC(C)(C)C)C(=O)C(C)(C)C)C(CCCCCC(=O)C(CCCCNC(C)(C)C)NC(C)(C)C)NC(=O)C(CCCCNC(C)(C)C)CC(C)(C)C.C=C(NCCCCC(NC(=O)C(CCCCNC(C)(C)C)NC(C)(C)C)C(=O)C(C)(C)C)C(CCCCNC(C)(C)C)NC(C)(C)C. The van der Waals surface area contributed by atoms with Crippen molar-refractivity contribution in [2.24, 2.45) is 22.2 Å². The highest BCUT2D eigenvalue weighted by Crippen LogP contribution is 2.30. The summed E-state index contributed by atoms with van der Waals surface area (Å²) >= 11 is 0. The summed E-state index contributed by atoms with van der Waals surface area (Å²) in [5.41, 5.74) is -0.359.